The van der Waals surface area contributed by atoms with E-state index in [1.165, 1.54) is 12.3 Å². The molecule has 0 aliphatic carbocycles. The fourth-order valence-electron chi connectivity index (χ4n) is 2.26. The number of nitrogens with zero attached hydrogens (tertiary/aromatic N) is 2. The summed E-state index contributed by atoms with van der Waals surface area (Å²) in [6.45, 7) is 5.16. The van der Waals surface area contributed by atoms with Crippen LogP contribution in [0.2, 0.25) is 0 Å². The van der Waals surface area contributed by atoms with Gasteiger partial charge in [-0.2, -0.15) is 0 Å². The third kappa shape index (κ3) is 4.11. The average molecular weight is 392 g/mol. The molecule has 0 radical (unpaired) electrons. The molecular formula is C17H18BrN3O3. The van der Waals surface area contributed by atoms with Crippen LogP contribution < -0.4 is 10.2 Å². The van der Waals surface area contributed by atoms with E-state index in [0.717, 1.165) is 4.47 Å². The highest BCUT2D eigenvalue weighted by molar-refractivity contribution is 9.10. The molecule has 1 amide bonds. The summed E-state index contributed by atoms with van der Waals surface area (Å²) in [6, 6.07) is 8.31. The summed E-state index contributed by atoms with van der Waals surface area (Å²) in [6.07, 6.45) is 1.47. The molecule has 7 heteroatoms. The van der Waals surface area contributed by atoms with E-state index >= 15 is 0 Å². The van der Waals surface area contributed by atoms with Gasteiger partial charge >= 0.3 is 5.97 Å². The predicted octanol–water partition coefficient (Wildman–Crippen LogP) is 3.64. The second-order valence-electron chi connectivity index (χ2n) is 5.03. The number of aromatic carboxylic acids is 1. The van der Waals surface area contributed by atoms with E-state index in [0.29, 0.717) is 30.2 Å². The minimum absolute atomic E-state index is 0.0623. The number of hydrogen-bond donors (Lipinski definition) is 2. The molecule has 0 fully saturated rings. The lowest BCUT2D eigenvalue weighted by molar-refractivity contribution is 0.0697. The summed E-state index contributed by atoms with van der Waals surface area (Å²) in [5.41, 5.74) is 0.881. The van der Waals surface area contributed by atoms with E-state index in [-0.39, 0.29) is 11.5 Å². The first kappa shape index (κ1) is 17.9. The SMILES string of the molecule is CCN(CC)c1ncc(NC(=O)c2ccc(Br)cc2)cc1C(=O)O. The van der Waals surface area contributed by atoms with Crippen LogP contribution >= 0.6 is 15.9 Å². The third-order valence-corrected chi connectivity index (χ3v) is 4.05. The van der Waals surface area contributed by atoms with Gasteiger partial charge in [0.05, 0.1) is 11.9 Å². The molecule has 1 heterocycles. The van der Waals surface area contributed by atoms with Crippen LogP contribution in [0.3, 0.4) is 0 Å². The molecule has 126 valence electrons. The zero-order chi connectivity index (χ0) is 17.7. The van der Waals surface area contributed by atoms with Crippen molar-refractivity contribution in [1.29, 1.82) is 0 Å². The zero-order valence-electron chi connectivity index (χ0n) is 13.4. The second-order valence-corrected chi connectivity index (χ2v) is 5.95. The van der Waals surface area contributed by atoms with Crippen molar-refractivity contribution in [1.82, 2.24) is 4.98 Å². The van der Waals surface area contributed by atoms with Gasteiger partial charge in [-0.3, -0.25) is 4.79 Å². The molecule has 2 aromatic rings. The molecular weight excluding hydrogens is 374 g/mol. The van der Waals surface area contributed by atoms with Crippen LogP contribution in [0.15, 0.2) is 41.0 Å². The Balaban J connectivity index is 2.28. The summed E-state index contributed by atoms with van der Waals surface area (Å²) >= 11 is 3.31. The van der Waals surface area contributed by atoms with E-state index in [9.17, 15) is 14.7 Å². The number of pyridine rings is 1. The molecule has 6 nitrogen and oxygen atoms in total. The van der Waals surface area contributed by atoms with Crippen LogP contribution in [-0.4, -0.2) is 35.1 Å². The van der Waals surface area contributed by atoms with E-state index in [2.05, 4.69) is 26.2 Å². The number of rotatable bonds is 6. The molecule has 2 N–H and O–H groups in total. The number of anilines is 2. The minimum atomic E-state index is -1.08. The average Bonchev–Trinajstić information content (AvgIpc) is 2.57. The molecule has 24 heavy (non-hydrogen) atoms. The molecule has 0 saturated carbocycles. The van der Waals surface area contributed by atoms with Gasteiger partial charge in [0.15, 0.2) is 0 Å². The van der Waals surface area contributed by atoms with Gasteiger partial charge in [0.1, 0.15) is 11.4 Å². The first-order valence-corrected chi connectivity index (χ1v) is 8.30. The highest BCUT2D eigenvalue weighted by atomic mass is 79.9. The molecule has 0 saturated heterocycles. The van der Waals surface area contributed by atoms with Crippen molar-refractivity contribution in [2.24, 2.45) is 0 Å². The van der Waals surface area contributed by atoms with Crippen molar-refractivity contribution in [3.05, 3.63) is 52.1 Å². The van der Waals surface area contributed by atoms with Gasteiger partial charge in [0, 0.05) is 23.1 Å². The normalized spacial score (nSPS) is 10.3. The van der Waals surface area contributed by atoms with Crippen molar-refractivity contribution in [3.63, 3.8) is 0 Å². The van der Waals surface area contributed by atoms with E-state index < -0.39 is 5.97 Å². The van der Waals surface area contributed by atoms with Gasteiger partial charge in [-0.1, -0.05) is 15.9 Å². The number of carboxylic acid groups (broad SMARTS) is 1. The number of nitrogens with one attached hydrogen (secondary N) is 1. The number of benzene rings is 1. The van der Waals surface area contributed by atoms with Crippen molar-refractivity contribution < 1.29 is 14.7 Å². The van der Waals surface area contributed by atoms with Gasteiger partial charge in [-0.15, -0.1) is 0 Å². The Morgan fingerprint density at radius 1 is 1.21 bits per heavy atom. The predicted molar refractivity (Wildman–Crippen MR) is 96.9 cm³/mol. The lowest BCUT2D eigenvalue weighted by atomic mass is 10.2. The summed E-state index contributed by atoms with van der Waals surface area (Å²) in [7, 11) is 0. The lowest BCUT2D eigenvalue weighted by Gasteiger charge is -2.21. The zero-order valence-corrected chi connectivity index (χ0v) is 15.0. The van der Waals surface area contributed by atoms with Crippen LogP contribution in [-0.2, 0) is 0 Å². The second kappa shape index (κ2) is 7.92. The topological polar surface area (TPSA) is 82.5 Å². The number of aromatic nitrogens is 1. The molecule has 0 unspecified atom stereocenters. The van der Waals surface area contributed by atoms with Crippen molar-refractivity contribution in [3.8, 4) is 0 Å². The van der Waals surface area contributed by atoms with Crippen LogP contribution in [0.5, 0.6) is 0 Å². The molecule has 0 aliphatic heterocycles. The van der Waals surface area contributed by atoms with Crippen molar-refractivity contribution >= 4 is 39.3 Å². The molecule has 0 spiro atoms. The first-order chi connectivity index (χ1) is 11.5. The number of amides is 1. The van der Waals surface area contributed by atoms with E-state index in [4.69, 9.17) is 0 Å². The smallest absolute Gasteiger partial charge is 0.339 e. The van der Waals surface area contributed by atoms with Crippen LogP contribution in [0.1, 0.15) is 34.6 Å². The van der Waals surface area contributed by atoms with Crippen molar-refractivity contribution in [2.75, 3.05) is 23.3 Å². The maximum Gasteiger partial charge on any atom is 0.339 e. The number of carboxylic acids is 1. The maximum absolute atomic E-state index is 12.2. The summed E-state index contributed by atoms with van der Waals surface area (Å²) in [5.74, 6) is -1.01. The first-order valence-electron chi connectivity index (χ1n) is 7.51. The Labute approximate surface area is 148 Å². The fourth-order valence-corrected chi connectivity index (χ4v) is 2.53. The largest absolute Gasteiger partial charge is 0.478 e. The Hall–Kier alpha value is -2.41. The van der Waals surface area contributed by atoms with E-state index in [1.807, 2.05) is 18.7 Å². The van der Waals surface area contributed by atoms with Crippen LogP contribution in [0.4, 0.5) is 11.5 Å². The number of carbonyl (C=O) groups excluding carboxylic acids is 1. The summed E-state index contributed by atoms with van der Waals surface area (Å²) < 4.78 is 0.873. The molecule has 1 aromatic carbocycles. The van der Waals surface area contributed by atoms with Gasteiger partial charge in [-0.25, -0.2) is 9.78 Å². The summed E-state index contributed by atoms with van der Waals surface area (Å²) in [4.78, 5) is 29.8. The molecule has 0 atom stereocenters. The Morgan fingerprint density at radius 3 is 2.38 bits per heavy atom. The highest BCUT2D eigenvalue weighted by Crippen LogP contribution is 2.22. The van der Waals surface area contributed by atoms with Crippen LogP contribution in [0.25, 0.3) is 0 Å². The molecule has 1 aromatic heterocycles. The maximum atomic E-state index is 12.2. The quantitative estimate of drug-likeness (QED) is 0.785. The van der Waals surface area contributed by atoms with Crippen LogP contribution in [0, 0.1) is 0 Å². The number of carbonyl (C=O) groups is 2. The van der Waals surface area contributed by atoms with Crippen molar-refractivity contribution in [2.45, 2.75) is 13.8 Å². The number of hydrogen-bond acceptors (Lipinski definition) is 4. The van der Waals surface area contributed by atoms with Gasteiger partial charge < -0.3 is 15.3 Å². The monoisotopic (exact) mass is 391 g/mol. The molecule has 0 bridgehead atoms. The van der Waals surface area contributed by atoms with Gasteiger partial charge in [0.25, 0.3) is 5.91 Å². The summed E-state index contributed by atoms with van der Waals surface area (Å²) in [5, 5.41) is 12.1. The lowest BCUT2D eigenvalue weighted by Crippen LogP contribution is -2.25. The Morgan fingerprint density at radius 2 is 1.83 bits per heavy atom. The highest BCUT2D eigenvalue weighted by Gasteiger charge is 2.17. The molecule has 0 aliphatic rings. The fraction of sp³-hybridized carbons (Fsp3) is 0.235. The Bertz CT molecular complexity index is 743. The standard InChI is InChI=1S/C17H18BrN3O3/c1-3-21(4-2)15-14(17(23)24)9-13(10-19-15)20-16(22)11-5-7-12(18)8-6-11/h5-10H,3-4H2,1-2H3,(H,20,22)(H,23,24). The van der Waals surface area contributed by atoms with Gasteiger partial charge in [0.2, 0.25) is 0 Å². The van der Waals surface area contributed by atoms with Gasteiger partial charge in [-0.05, 0) is 44.2 Å². The number of halogens is 1. The molecule has 2 rings (SSSR count). The minimum Gasteiger partial charge on any atom is -0.478 e. The van der Waals surface area contributed by atoms with E-state index in [1.54, 1.807) is 24.3 Å². The third-order valence-electron chi connectivity index (χ3n) is 3.52. The Kier molecular flexibility index (Phi) is 5.92.